The van der Waals surface area contributed by atoms with Gasteiger partial charge in [0.05, 0.1) is 0 Å². The number of hydrogen-bond donors (Lipinski definition) is 0. The highest BCUT2D eigenvalue weighted by Gasteiger charge is 2.37. The molecular weight excluding hydrogens is 490 g/mol. The minimum Gasteiger partial charge on any atom is -0.437 e. The van der Waals surface area contributed by atoms with Gasteiger partial charge in [-0.25, -0.2) is 0 Å². The van der Waals surface area contributed by atoms with Crippen molar-refractivity contribution >= 4 is 62.4 Å². The predicted molar refractivity (Wildman–Crippen MR) is 104 cm³/mol. The first-order valence-electron chi connectivity index (χ1n) is 6.08. The Morgan fingerprint density at radius 1 is 0.706 bits per heavy atom. The van der Waals surface area contributed by atoms with Crippen LogP contribution in [0.1, 0.15) is 13.8 Å². The van der Waals surface area contributed by atoms with E-state index in [2.05, 4.69) is 90.4 Å². The van der Waals surface area contributed by atoms with E-state index in [1.54, 1.807) is 0 Å². The van der Waals surface area contributed by atoms with Crippen molar-refractivity contribution in [3.63, 3.8) is 0 Å². The van der Waals surface area contributed by atoms with Gasteiger partial charge in [0.1, 0.15) is 0 Å². The maximum absolute atomic E-state index is 6.30. The van der Waals surface area contributed by atoms with Crippen LogP contribution in [0.5, 0.6) is 0 Å². The van der Waals surface area contributed by atoms with Gasteiger partial charge in [-0.05, 0) is 51.4 Å². The summed E-state index contributed by atoms with van der Waals surface area (Å²) in [6.45, 7) is 18.0. The second-order valence-electron chi connectivity index (χ2n) is 5.83. The summed E-state index contributed by atoms with van der Waals surface area (Å²) >= 11 is 4.24. The third-order valence-electron chi connectivity index (χ3n) is 2.75. The van der Waals surface area contributed by atoms with Crippen LogP contribution >= 0.6 is 37.2 Å². The van der Waals surface area contributed by atoms with Crippen LogP contribution in [0.25, 0.3) is 0 Å². The largest absolute Gasteiger partial charge is 0.437 e. The molecule has 0 heterocycles. The molecule has 17 heavy (non-hydrogen) atoms. The zero-order chi connectivity index (χ0) is 14.3. The van der Waals surface area contributed by atoms with Crippen LogP contribution in [0.4, 0.5) is 0 Å². The highest BCUT2D eigenvalue weighted by Crippen LogP contribution is 2.23. The topological polar surface area (TPSA) is 18.5 Å². The summed E-state index contributed by atoms with van der Waals surface area (Å²) in [4.78, 5) is 0. The molecule has 0 radical (unpaired) electrons. The Bertz CT molecular complexity index is 192. The summed E-state index contributed by atoms with van der Waals surface area (Å²) in [7, 11) is -4.83. The van der Waals surface area contributed by atoms with E-state index in [0.717, 1.165) is 0 Å². The Labute approximate surface area is 134 Å². The molecule has 7 heteroatoms. The van der Waals surface area contributed by atoms with E-state index < -0.39 is 25.2 Å². The first-order chi connectivity index (χ1) is 7.54. The molecular formula is C10H28I2O2Si3. The van der Waals surface area contributed by atoms with Crippen molar-refractivity contribution in [2.45, 2.75) is 65.2 Å². The molecule has 0 unspecified atom stereocenters. The highest BCUT2D eigenvalue weighted by molar-refractivity contribution is 15.0. The second-order valence-corrected chi connectivity index (χ2v) is 18.7. The lowest BCUT2D eigenvalue weighted by atomic mass is 11.0. The molecule has 0 bridgehead atoms. The fraction of sp³-hybridized carbons (Fsp3) is 1.00. The van der Waals surface area contributed by atoms with Crippen LogP contribution < -0.4 is 0 Å². The number of rotatable bonds is 6. The summed E-state index contributed by atoms with van der Waals surface area (Å²) in [5, 5.41) is 0. The van der Waals surface area contributed by atoms with Crippen LogP contribution in [-0.4, -0.2) is 25.2 Å². The van der Waals surface area contributed by atoms with Crippen LogP contribution in [0, 0.1) is 0 Å². The molecule has 0 N–H and O–H groups in total. The summed E-state index contributed by atoms with van der Waals surface area (Å²) in [5.41, 5.74) is 0. The third-order valence-corrected chi connectivity index (χ3v) is 14.5. The lowest BCUT2D eigenvalue weighted by Gasteiger charge is -2.38. The molecule has 0 spiro atoms. The van der Waals surface area contributed by atoms with Gasteiger partial charge in [0, 0.05) is 37.2 Å². The van der Waals surface area contributed by atoms with Crippen molar-refractivity contribution in [2.75, 3.05) is 0 Å². The Morgan fingerprint density at radius 3 is 1.12 bits per heavy atom. The number of hydrogen-bond acceptors (Lipinski definition) is 2. The first kappa shape index (κ1) is 21.3. The molecule has 0 rings (SSSR count). The standard InChI is InChI=1S/C10H28O2Si3.I2/c1-9-13(3,4)11-15(7,8)12-14(5,6)10-2;1-2/h9-10H2,1-8H3;. The van der Waals surface area contributed by atoms with E-state index in [-0.39, 0.29) is 0 Å². The Hall–Kier alpha value is 2.03. The van der Waals surface area contributed by atoms with Gasteiger partial charge >= 0.3 is 8.56 Å². The summed E-state index contributed by atoms with van der Waals surface area (Å²) in [6, 6.07) is 2.34. The van der Waals surface area contributed by atoms with E-state index >= 15 is 0 Å². The van der Waals surface area contributed by atoms with Crippen molar-refractivity contribution < 1.29 is 8.23 Å². The fourth-order valence-electron chi connectivity index (χ4n) is 1.50. The molecule has 0 aromatic carbocycles. The Morgan fingerprint density at radius 2 is 0.941 bits per heavy atom. The van der Waals surface area contributed by atoms with E-state index in [0.29, 0.717) is 0 Å². The molecule has 0 atom stereocenters. The molecule has 0 aromatic rings. The van der Waals surface area contributed by atoms with Crippen molar-refractivity contribution in [1.82, 2.24) is 0 Å². The number of halogens is 2. The maximum Gasteiger partial charge on any atom is 0.311 e. The second kappa shape index (κ2) is 9.06. The normalized spacial score (nSPS) is 13.1. The van der Waals surface area contributed by atoms with Gasteiger partial charge in [-0.1, -0.05) is 13.8 Å². The molecule has 0 aliphatic rings. The molecule has 0 aliphatic heterocycles. The van der Waals surface area contributed by atoms with E-state index in [4.69, 9.17) is 8.23 Å². The van der Waals surface area contributed by atoms with Crippen molar-refractivity contribution in [2.24, 2.45) is 0 Å². The molecule has 0 aromatic heterocycles. The zero-order valence-corrected chi connectivity index (χ0v) is 19.8. The lowest BCUT2D eigenvalue weighted by molar-refractivity contribution is 0.390. The SMILES string of the molecule is CC[Si](C)(C)O[Si](C)(C)O[Si](C)(C)CC.II. The van der Waals surface area contributed by atoms with Gasteiger partial charge in [-0.2, -0.15) is 0 Å². The maximum atomic E-state index is 6.30. The molecule has 0 saturated heterocycles. The van der Waals surface area contributed by atoms with Crippen LogP contribution in [0.15, 0.2) is 0 Å². The highest BCUT2D eigenvalue weighted by atomic mass is 128. The minimum atomic E-state index is -1.89. The van der Waals surface area contributed by atoms with Gasteiger partial charge in [0.15, 0.2) is 16.6 Å². The van der Waals surface area contributed by atoms with Gasteiger partial charge < -0.3 is 8.23 Å². The zero-order valence-electron chi connectivity index (χ0n) is 12.5. The molecule has 2 nitrogen and oxygen atoms in total. The van der Waals surface area contributed by atoms with Crippen LogP contribution in [0.3, 0.4) is 0 Å². The van der Waals surface area contributed by atoms with E-state index in [1.807, 2.05) is 0 Å². The first-order valence-corrected chi connectivity index (χ1v) is 21.4. The predicted octanol–water partition coefficient (Wildman–Crippen LogP) is 5.94. The van der Waals surface area contributed by atoms with Crippen molar-refractivity contribution in [3.8, 4) is 0 Å². The van der Waals surface area contributed by atoms with Crippen molar-refractivity contribution in [1.29, 1.82) is 0 Å². The third kappa shape index (κ3) is 11.5. The summed E-state index contributed by atoms with van der Waals surface area (Å²) in [6.07, 6.45) is 0. The average molecular weight is 518 g/mol. The lowest BCUT2D eigenvalue weighted by Crippen LogP contribution is -2.51. The average Bonchev–Trinajstić information content (AvgIpc) is 2.17. The van der Waals surface area contributed by atoms with E-state index in [9.17, 15) is 0 Å². The molecule has 0 amide bonds. The molecule has 0 fully saturated rings. The van der Waals surface area contributed by atoms with Gasteiger partial charge in [-0.15, -0.1) is 0 Å². The molecule has 0 aliphatic carbocycles. The Balaban J connectivity index is 0. The molecule has 106 valence electrons. The van der Waals surface area contributed by atoms with Crippen molar-refractivity contribution in [3.05, 3.63) is 0 Å². The molecule has 0 saturated carbocycles. The minimum absolute atomic E-state index is 1.17. The fourth-order valence-corrected chi connectivity index (χ4v) is 13.8. The smallest absolute Gasteiger partial charge is 0.311 e. The van der Waals surface area contributed by atoms with Gasteiger partial charge in [-0.3, -0.25) is 0 Å². The Kier molecular flexibility index (Phi) is 11.4. The van der Waals surface area contributed by atoms with Crippen LogP contribution in [0.2, 0.25) is 51.4 Å². The monoisotopic (exact) mass is 518 g/mol. The van der Waals surface area contributed by atoms with Crippen LogP contribution in [-0.2, 0) is 8.23 Å². The van der Waals surface area contributed by atoms with Gasteiger partial charge in [0.25, 0.3) is 0 Å². The quantitative estimate of drug-likeness (QED) is 0.320. The summed E-state index contributed by atoms with van der Waals surface area (Å²) in [5.74, 6) is 0. The van der Waals surface area contributed by atoms with E-state index in [1.165, 1.54) is 12.1 Å². The summed E-state index contributed by atoms with van der Waals surface area (Å²) < 4.78 is 12.6. The van der Waals surface area contributed by atoms with Gasteiger partial charge in [0.2, 0.25) is 0 Å².